The van der Waals surface area contributed by atoms with Crippen molar-refractivity contribution in [3.05, 3.63) is 12.7 Å². The third-order valence-corrected chi connectivity index (χ3v) is 2.16. The molecular formula is C11H19NO2. The van der Waals surface area contributed by atoms with Gasteiger partial charge in [-0.3, -0.25) is 10.1 Å². The lowest BCUT2D eigenvalue weighted by molar-refractivity contribution is -0.157. The lowest BCUT2D eigenvalue weighted by Crippen LogP contribution is -2.39. The maximum Gasteiger partial charge on any atom is 0.323 e. The Labute approximate surface area is 85.5 Å². The van der Waals surface area contributed by atoms with Gasteiger partial charge in [0, 0.05) is 6.04 Å². The summed E-state index contributed by atoms with van der Waals surface area (Å²) in [5, 5.41) is 3.17. The van der Waals surface area contributed by atoms with E-state index >= 15 is 0 Å². The Morgan fingerprint density at radius 3 is 2.57 bits per heavy atom. The Morgan fingerprint density at radius 1 is 1.50 bits per heavy atom. The van der Waals surface area contributed by atoms with Crippen LogP contribution in [0.15, 0.2) is 12.7 Å². The lowest BCUT2D eigenvalue weighted by Gasteiger charge is -2.22. The molecule has 1 saturated heterocycles. The van der Waals surface area contributed by atoms with Gasteiger partial charge in [0.25, 0.3) is 0 Å². The second-order valence-electron chi connectivity index (χ2n) is 4.67. The number of ether oxygens (including phenoxy) is 1. The molecule has 0 aliphatic carbocycles. The monoisotopic (exact) mass is 197 g/mol. The largest absolute Gasteiger partial charge is 0.459 e. The van der Waals surface area contributed by atoms with Gasteiger partial charge in [-0.05, 0) is 33.6 Å². The Morgan fingerprint density at radius 2 is 2.14 bits per heavy atom. The molecule has 1 fully saturated rings. The van der Waals surface area contributed by atoms with Gasteiger partial charge in [-0.25, -0.2) is 0 Å². The molecule has 0 spiro atoms. The predicted octanol–water partition coefficient (Wildman–Crippen LogP) is 1.63. The molecule has 0 amide bonds. The summed E-state index contributed by atoms with van der Waals surface area (Å²) in [6, 6.07) is 0.102. The Bertz CT molecular complexity index is 230. The van der Waals surface area contributed by atoms with Crippen molar-refractivity contribution in [2.75, 3.05) is 0 Å². The molecule has 1 heterocycles. The highest BCUT2D eigenvalue weighted by atomic mass is 16.6. The lowest BCUT2D eigenvalue weighted by atomic mass is 10.1. The third kappa shape index (κ3) is 3.14. The van der Waals surface area contributed by atoms with Crippen LogP contribution >= 0.6 is 0 Å². The third-order valence-electron chi connectivity index (χ3n) is 2.16. The normalized spacial score (nSPS) is 27.4. The minimum Gasteiger partial charge on any atom is -0.459 e. The molecule has 0 unspecified atom stereocenters. The van der Waals surface area contributed by atoms with Crippen LogP contribution < -0.4 is 5.32 Å². The van der Waals surface area contributed by atoms with Crippen molar-refractivity contribution in [2.24, 2.45) is 0 Å². The number of esters is 1. The van der Waals surface area contributed by atoms with Gasteiger partial charge >= 0.3 is 5.97 Å². The van der Waals surface area contributed by atoms with E-state index in [1.807, 2.05) is 26.8 Å². The van der Waals surface area contributed by atoms with Gasteiger partial charge in [0.2, 0.25) is 0 Å². The van der Waals surface area contributed by atoms with Gasteiger partial charge in [-0.15, -0.1) is 6.58 Å². The molecule has 0 bridgehead atoms. The molecule has 14 heavy (non-hydrogen) atoms. The SMILES string of the molecule is C=C[C@H]1CC[C@@H](C(=O)OC(C)(C)C)N1. The average Bonchev–Trinajstić information content (AvgIpc) is 2.48. The quantitative estimate of drug-likeness (QED) is 0.540. The van der Waals surface area contributed by atoms with Crippen LogP contribution in [0.4, 0.5) is 0 Å². The summed E-state index contributed by atoms with van der Waals surface area (Å²) in [4.78, 5) is 11.6. The molecule has 0 aromatic rings. The fourth-order valence-corrected chi connectivity index (χ4v) is 1.52. The van der Waals surface area contributed by atoms with Crippen LogP contribution in [-0.2, 0) is 9.53 Å². The molecule has 3 nitrogen and oxygen atoms in total. The van der Waals surface area contributed by atoms with Gasteiger partial charge in [0.05, 0.1) is 0 Å². The van der Waals surface area contributed by atoms with Crippen molar-refractivity contribution in [1.82, 2.24) is 5.32 Å². The molecule has 2 atom stereocenters. The minimum absolute atomic E-state index is 0.151. The number of rotatable bonds is 2. The zero-order valence-electron chi connectivity index (χ0n) is 9.17. The predicted molar refractivity (Wildman–Crippen MR) is 56.0 cm³/mol. The van der Waals surface area contributed by atoms with Crippen molar-refractivity contribution in [1.29, 1.82) is 0 Å². The van der Waals surface area contributed by atoms with Crippen molar-refractivity contribution >= 4 is 5.97 Å². The maximum atomic E-state index is 11.6. The summed E-state index contributed by atoms with van der Waals surface area (Å²) in [6.45, 7) is 9.34. The van der Waals surface area contributed by atoms with Crippen LogP contribution in [0.3, 0.4) is 0 Å². The molecule has 3 heteroatoms. The van der Waals surface area contributed by atoms with Crippen LogP contribution in [0.5, 0.6) is 0 Å². The van der Waals surface area contributed by atoms with Crippen molar-refractivity contribution in [3.8, 4) is 0 Å². The van der Waals surface area contributed by atoms with Gasteiger partial charge in [-0.2, -0.15) is 0 Å². The summed E-state index contributed by atoms with van der Waals surface area (Å²) in [5.74, 6) is -0.151. The highest BCUT2D eigenvalue weighted by Gasteiger charge is 2.30. The van der Waals surface area contributed by atoms with Gasteiger partial charge in [0.1, 0.15) is 11.6 Å². The fourth-order valence-electron chi connectivity index (χ4n) is 1.52. The molecule has 0 aromatic heterocycles. The van der Waals surface area contributed by atoms with E-state index < -0.39 is 5.60 Å². The molecule has 1 aliphatic rings. The smallest absolute Gasteiger partial charge is 0.323 e. The number of hydrogen-bond acceptors (Lipinski definition) is 3. The standard InChI is InChI=1S/C11H19NO2/c1-5-8-6-7-9(12-8)10(13)14-11(2,3)4/h5,8-9,12H,1,6-7H2,2-4H3/t8-,9-/m0/s1. The molecular weight excluding hydrogens is 178 g/mol. The van der Waals surface area contributed by atoms with E-state index in [0.29, 0.717) is 0 Å². The van der Waals surface area contributed by atoms with Gasteiger partial charge < -0.3 is 4.74 Å². The first-order valence-corrected chi connectivity index (χ1v) is 5.04. The van der Waals surface area contributed by atoms with E-state index in [0.717, 1.165) is 12.8 Å². The summed E-state index contributed by atoms with van der Waals surface area (Å²) >= 11 is 0. The Kier molecular flexibility index (Phi) is 3.32. The van der Waals surface area contributed by atoms with E-state index in [2.05, 4.69) is 11.9 Å². The highest BCUT2D eigenvalue weighted by Crippen LogP contribution is 2.17. The van der Waals surface area contributed by atoms with Gasteiger partial charge in [0.15, 0.2) is 0 Å². The van der Waals surface area contributed by atoms with Crippen molar-refractivity contribution < 1.29 is 9.53 Å². The van der Waals surface area contributed by atoms with Crippen molar-refractivity contribution in [2.45, 2.75) is 51.3 Å². The first kappa shape index (κ1) is 11.2. The van der Waals surface area contributed by atoms with E-state index in [1.165, 1.54) is 0 Å². The number of hydrogen-bond donors (Lipinski definition) is 1. The Hall–Kier alpha value is -0.830. The maximum absolute atomic E-state index is 11.6. The van der Waals surface area contributed by atoms with E-state index in [4.69, 9.17) is 4.74 Å². The van der Waals surface area contributed by atoms with Crippen LogP contribution in [0.2, 0.25) is 0 Å². The molecule has 1 aliphatic heterocycles. The van der Waals surface area contributed by atoms with E-state index in [-0.39, 0.29) is 18.1 Å². The summed E-state index contributed by atoms with van der Waals surface area (Å²) < 4.78 is 5.28. The van der Waals surface area contributed by atoms with E-state index in [1.54, 1.807) is 0 Å². The second-order valence-corrected chi connectivity index (χ2v) is 4.67. The van der Waals surface area contributed by atoms with Crippen molar-refractivity contribution in [3.63, 3.8) is 0 Å². The first-order valence-electron chi connectivity index (χ1n) is 5.04. The number of nitrogens with one attached hydrogen (secondary N) is 1. The zero-order valence-corrected chi connectivity index (χ0v) is 9.17. The molecule has 1 N–H and O–H groups in total. The number of carbonyl (C=O) groups excluding carboxylic acids is 1. The van der Waals surface area contributed by atoms with E-state index in [9.17, 15) is 4.79 Å². The van der Waals surface area contributed by atoms with Crippen LogP contribution in [0, 0.1) is 0 Å². The molecule has 0 saturated carbocycles. The fraction of sp³-hybridized carbons (Fsp3) is 0.727. The summed E-state index contributed by atoms with van der Waals surface area (Å²) in [6.07, 6.45) is 3.64. The van der Waals surface area contributed by atoms with Crippen LogP contribution in [0.1, 0.15) is 33.6 Å². The topological polar surface area (TPSA) is 38.3 Å². The first-order chi connectivity index (χ1) is 6.42. The van der Waals surface area contributed by atoms with Crippen LogP contribution in [-0.4, -0.2) is 23.7 Å². The number of carbonyl (C=O) groups is 1. The molecule has 0 radical (unpaired) electrons. The highest BCUT2D eigenvalue weighted by molar-refractivity contribution is 5.76. The molecule has 80 valence electrons. The summed E-state index contributed by atoms with van der Waals surface area (Å²) in [7, 11) is 0. The average molecular weight is 197 g/mol. The molecule has 0 aromatic carbocycles. The second kappa shape index (κ2) is 4.13. The van der Waals surface area contributed by atoms with Gasteiger partial charge in [-0.1, -0.05) is 6.08 Å². The minimum atomic E-state index is -0.398. The zero-order chi connectivity index (χ0) is 10.8. The summed E-state index contributed by atoms with van der Waals surface area (Å²) in [5.41, 5.74) is -0.398. The Balaban J connectivity index is 2.43. The molecule has 1 rings (SSSR count). The van der Waals surface area contributed by atoms with Crippen LogP contribution in [0.25, 0.3) is 0 Å².